The van der Waals surface area contributed by atoms with Gasteiger partial charge < -0.3 is 14.6 Å². The Bertz CT molecular complexity index is 848. The third kappa shape index (κ3) is 5.27. The van der Waals surface area contributed by atoms with Crippen LogP contribution >= 0.6 is 0 Å². The van der Waals surface area contributed by atoms with E-state index in [1.807, 2.05) is 19.9 Å². The molecule has 0 fully saturated rings. The van der Waals surface area contributed by atoms with Crippen molar-refractivity contribution in [1.29, 1.82) is 0 Å². The minimum Gasteiger partial charge on any atom is -0.383 e. The van der Waals surface area contributed by atoms with E-state index in [0.717, 1.165) is 22.6 Å². The summed E-state index contributed by atoms with van der Waals surface area (Å²) in [5.41, 5.74) is 8.64. The molecule has 1 heterocycles. The first-order valence-electron chi connectivity index (χ1n) is 8.71. The van der Waals surface area contributed by atoms with Crippen molar-refractivity contribution >= 4 is 18.0 Å². The van der Waals surface area contributed by atoms with Crippen LogP contribution in [0.25, 0.3) is 5.69 Å². The van der Waals surface area contributed by atoms with Gasteiger partial charge in [-0.25, -0.2) is 5.43 Å². The molecule has 2 aromatic rings. The molecule has 144 valence electrons. The molecule has 2 N–H and O–H groups in total. The predicted molar refractivity (Wildman–Crippen MR) is 105 cm³/mol. The highest BCUT2D eigenvalue weighted by molar-refractivity contribution is 6.35. The molecule has 7 heteroatoms. The van der Waals surface area contributed by atoms with Crippen molar-refractivity contribution in [2.45, 2.75) is 27.7 Å². The number of methoxy groups -OCH3 is 1. The maximum Gasteiger partial charge on any atom is 0.329 e. The summed E-state index contributed by atoms with van der Waals surface area (Å²) in [4.78, 5) is 23.3. The van der Waals surface area contributed by atoms with Crippen molar-refractivity contribution in [1.82, 2.24) is 15.3 Å². The van der Waals surface area contributed by atoms with Crippen LogP contribution in [0.5, 0.6) is 0 Å². The van der Waals surface area contributed by atoms with Gasteiger partial charge in [0.05, 0.1) is 12.8 Å². The maximum atomic E-state index is 11.7. The normalized spacial score (nSPS) is 11.0. The molecule has 0 aliphatic carbocycles. The summed E-state index contributed by atoms with van der Waals surface area (Å²) in [6.07, 6.45) is 1.54. The third-order valence-corrected chi connectivity index (χ3v) is 4.10. The highest BCUT2D eigenvalue weighted by Gasteiger charge is 2.13. The number of nitrogens with zero attached hydrogens (tertiary/aromatic N) is 2. The number of carbonyl (C=O) groups is 2. The second-order valence-electron chi connectivity index (χ2n) is 6.46. The standard InChI is InChI=1S/C20H26N4O3/c1-13-8-14(2)10-18(9-13)24-15(3)11-17(16(24)4)12-22-23-20(26)19(25)21-6-7-27-5/h8-12H,6-7H2,1-5H3,(H,21,25)(H,23,26)/b22-12-. The average Bonchev–Trinajstić information content (AvgIpc) is 2.87. The van der Waals surface area contributed by atoms with Gasteiger partial charge in [-0.3, -0.25) is 9.59 Å². The minimum absolute atomic E-state index is 0.267. The Morgan fingerprint density at radius 1 is 1.07 bits per heavy atom. The van der Waals surface area contributed by atoms with Crippen LogP contribution in [0.4, 0.5) is 0 Å². The second-order valence-corrected chi connectivity index (χ2v) is 6.46. The minimum atomic E-state index is -0.814. The molecule has 1 aromatic heterocycles. The van der Waals surface area contributed by atoms with Gasteiger partial charge in [0, 0.05) is 36.3 Å². The quantitative estimate of drug-likeness (QED) is 0.353. The Balaban J connectivity index is 2.11. The largest absolute Gasteiger partial charge is 0.383 e. The third-order valence-electron chi connectivity index (χ3n) is 4.10. The van der Waals surface area contributed by atoms with E-state index in [4.69, 9.17) is 4.74 Å². The molecule has 0 aliphatic heterocycles. The number of aromatic nitrogens is 1. The average molecular weight is 370 g/mol. The molecule has 2 rings (SSSR count). The summed E-state index contributed by atoms with van der Waals surface area (Å²) in [7, 11) is 1.52. The Hall–Kier alpha value is -2.93. The van der Waals surface area contributed by atoms with Crippen LogP contribution in [-0.2, 0) is 14.3 Å². The van der Waals surface area contributed by atoms with Gasteiger partial charge in [0.15, 0.2) is 0 Å². The number of hydrogen-bond acceptors (Lipinski definition) is 4. The molecule has 1 aromatic carbocycles. The van der Waals surface area contributed by atoms with Crippen LogP contribution in [-0.4, -0.2) is 42.9 Å². The van der Waals surface area contributed by atoms with Crippen molar-refractivity contribution in [2.24, 2.45) is 5.10 Å². The topological polar surface area (TPSA) is 84.7 Å². The Morgan fingerprint density at radius 2 is 1.74 bits per heavy atom. The number of carbonyl (C=O) groups excluding carboxylic acids is 2. The highest BCUT2D eigenvalue weighted by Crippen LogP contribution is 2.21. The SMILES string of the molecule is COCCNC(=O)C(=O)N/N=C\c1cc(C)n(-c2cc(C)cc(C)c2)c1C. The number of nitrogens with one attached hydrogen (secondary N) is 2. The fourth-order valence-corrected chi connectivity index (χ4v) is 2.95. The number of rotatable bonds is 6. The molecular formula is C20H26N4O3. The molecule has 0 radical (unpaired) electrons. The molecule has 2 amide bonds. The number of aryl methyl sites for hydroxylation is 3. The molecule has 0 saturated carbocycles. The molecule has 0 spiro atoms. The molecule has 0 bridgehead atoms. The number of amides is 2. The maximum absolute atomic E-state index is 11.7. The fourth-order valence-electron chi connectivity index (χ4n) is 2.95. The zero-order valence-electron chi connectivity index (χ0n) is 16.4. The summed E-state index contributed by atoms with van der Waals surface area (Å²) >= 11 is 0. The molecule has 0 saturated heterocycles. The molecular weight excluding hydrogens is 344 g/mol. The van der Waals surface area contributed by atoms with Crippen molar-refractivity contribution < 1.29 is 14.3 Å². The molecule has 27 heavy (non-hydrogen) atoms. The number of benzene rings is 1. The number of hydrazone groups is 1. The van der Waals surface area contributed by atoms with E-state index in [-0.39, 0.29) is 6.54 Å². The number of ether oxygens (including phenoxy) is 1. The van der Waals surface area contributed by atoms with Crippen molar-refractivity contribution in [3.63, 3.8) is 0 Å². The number of hydrogen-bond donors (Lipinski definition) is 2. The lowest BCUT2D eigenvalue weighted by Gasteiger charge is -2.11. The summed E-state index contributed by atoms with van der Waals surface area (Å²) in [5.74, 6) is -1.56. The second kappa shape index (κ2) is 9.14. The first-order valence-corrected chi connectivity index (χ1v) is 8.71. The Morgan fingerprint density at radius 3 is 2.37 bits per heavy atom. The van der Waals surface area contributed by atoms with Gasteiger partial charge >= 0.3 is 11.8 Å². The zero-order chi connectivity index (χ0) is 20.0. The summed E-state index contributed by atoms with van der Waals surface area (Å²) in [6.45, 7) is 8.76. The van der Waals surface area contributed by atoms with E-state index in [2.05, 4.69) is 52.5 Å². The molecule has 0 unspecified atom stereocenters. The van der Waals surface area contributed by atoms with Crippen LogP contribution < -0.4 is 10.7 Å². The van der Waals surface area contributed by atoms with Gasteiger partial charge in [-0.15, -0.1) is 0 Å². The Labute approximate surface area is 159 Å². The van der Waals surface area contributed by atoms with Crippen LogP contribution in [0.1, 0.15) is 28.1 Å². The summed E-state index contributed by atoms with van der Waals surface area (Å²) in [5, 5.41) is 6.34. The molecule has 0 aliphatic rings. The lowest BCUT2D eigenvalue weighted by atomic mass is 10.1. The van der Waals surface area contributed by atoms with E-state index < -0.39 is 11.8 Å². The zero-order valence-corrected chi connectivity index (χ0v) is 16.4. The van der Waals surface area contributed by atoms with Crippen LogP contribution in [0.2, 0.25) is 0 Å². The fraction of sp³-hybridized carbons (Fsp3) is 0.350. The van der Waals surface area contributed by atoms with Crippen molar-refractivity contribution in [2.75, 3.05) is 20.3 Å². The first-order chi connectivity index (χ1) is 12.8. The van der Waals surface area contributed by atoms with Gasteiger partial charge in [0.25, 0.3) is 0 Å². The van der Waals surface area contributed by atoms with Gasteiger partial charge in [0.1, 0.15) is 0 Å². The van der Waals surface area contributed by atoms with Gasteiger partial charge in [-0.1, -0.05) is 6.07 Å². The summed E-state index contributed by atoms with van der Waals surface area (Å²) < 4.78 is 6.95. The Kier molecular flexibility index (Phi) is 6.90. The van der Waals surface area contributed by atoms with E-state index in [1.54, 1.807) is 6.21 Å². The smallest absolute Gasteiger partial charge is 0.329 e. The molecule has 0 atom stereocenters. The van der Waals surface area contributed by atoms with Gasteiger partial charge in [-0.2, -0.15) is 5.10 Å². The lowest BCUT2D eigenvalue weighted by molar-refractivity contribution is -0.139. The van der Waals surface area contributed by atoms with E-state index in [9.17, 15) is 9.59 Å². The van der Waals surface area contributed by atoms with Crippen molar-refractivity contribution in [3.05, 3.63) is 52.3 Å². The molecule has 7 nitrogen and oxygen atoms in total. The van der Waals surface area contributed by atoms with Gasteiger partial charge in [-0.05, 0) is 57.0 Å². The van der Waals surface area contributed by atoms with E-state index in [0.29, 0.717) is 6.61 Å². The highest BCUT2D eigenvalue weighted by atomic mass is 16.5. The van der Waals surface area contributed by atoms with Gasteiger partial charge in [0.2, 0.25) is 0 Å². The van der Waals surface area contributed by atoms with E-state index in [1.165, 1.54) is 18.2 Å². The van der Waals surface area contributed by atoms with Crippen LogP contribution in [0.15, 0.2) is 29.4 Å². The predicted octanol–water partition coefficient (Wildman–Crippen LogP) is 1.92. The summed E-state index contributed by atoms with van der Waals surface area (Å²) in [6, 6.07) is 8.37. The van der Waals surface area contributed by atoms with Crippen LogP contribution in [0, 0.1) is 27.7 Å². The van der Waals surface area contributed by atoms with Crippen molar-refractivity contribution in [3.8, 4) is 5.69 Å². The lowest BCUT2D eigenvalue weighted by Crippen LogP contribution is -2.39. The van der Waals surface area contributed by atoms with Crippen LogP contribution in [0.3, 0.4) is 0 Å². The van der Waals surface area contributed by atoms with E-state index >= 15 is 0 Å². The first kappa shape index (κ1) is 20.4. The monoisotopic (exact) mass is 370 g/mol.